The van der Waals surface area contributed by atoms with E-state index < -0.39 is 0 Å². The molecular formula is C33H61N5O4. The first-order chi connectivity index (χ1) is 20.5. The van der Waals surface area contributed by atoms with E-state index in [4.69, 9.17) is 9.47 Å². The Kier molecular flexibility index (Phi) is 14.8. The van der Waals surface area contributed by atoms with Gasteiger partial charge in [-0.05, 0) is 88.6 Å². The van der Waals surface area contributed by atoms with Crippen molar-refractivity contribution in [3.63, 3.8) is 0 Å². The summed E-state index contributed by atoms with van der Waals surface area (Å²) in [6.45, 7) is 11.0. The average molecular weight is 592 g/mol. The molecule has 42 heavy (non-hydrogen) atoms. The summed E-state index contributed by atoms with van der Waals surface area (Å²) in [6, 6.07) is 0.539. The van der Waals surface area contributed by atoms with Crippen molar-refractivity contribution >= 4 is 11.9 Å². The number of ether oxygens (including phenoxy) is 2. The van der Waals surface area contributed by atoms with Crippen LogP contribution in [0.4, 0.5) is 0 Å². The largest absolute Gasteiger partial charge is 0.464 e. The fourth-order valence-corrected chi connectivity index (χ4v) is 7.68. The maximum Gasteiger partial charge on any atom is 0.325 e. The minimum atomic E-state index is -0.303. The molecule has 3 saturated carbocycles. The first-order valence-corrected chi connectivity index (χ1v) is 17.5. The third kappa shape index (κ3) is 11.3. The van der Waals surface area contributed by atoms with Crippen LogP contribution in [-0.2, 0) is 19.1 Å². The van der Waals surface area contributed by atoms with Crippen LogP contribution in [0.2, 0.25) is 0 Å². The van der Waals surface area contributed by atoms with Gasteiger partial charge in [0.25, 0.3) is 0 Å². The summed E-state index contributed by atoms with van der Waals surface area (Å²) in [5, 5.41) is 14.0. The summed E-state index contributed by atoms with van der Waals surface area (Å²) in [4.78, 5) is 27.2. The molecule has 0 unspecified atom stereocenters. The lowest BCUT2D eigenvalue weighted by molar-refractivity contribution is -0.144. The molecule has 1 heterocycles. The van der Waals surface area contributed by atoms with Gasteiger partial charge in [0.1, 0.15) is 12.8 Å². The van der Waals surface area contributed by atoms with E-state index in [2.05, 4.69) is 40.0 Å². The standard InChI is InChI=1S/C33H61N5O4/c1-3-38(4-2)19-21-41-30-16-14-29(15-17-30)37-33-35-22-28(23-36-33)26-10-12-27(13-11-26)32(40)34-24-31(39)42-20-18-25-8-6-5-7-9-25/h25-30,33,35-37H,3-24H2,1-2H3,(H,34,40). The first-order valence-electron chi connectivity index (χ1n) is 17.5. The Morgan fingerprint density at radius 2 is 1.50 bits per heavy atom. The Labute approximate surface area is 255 Å². The zero-order chi connectivity index (χ0) is 29.6. The van der Waals surface area contributed by atoms with E-state index in [1.54, 1.807) is 0 Å². The molecule has 4 rings (SSSR count). The number of hydrogen-bond donors (Lipinski definition) is 4. The summed E-state index contributed by atoms with van der Waals surface area (Å²) in [5.41, 5.74) is 0. The minimum absolute atomic E-state index is 0.000383. The molecule has 0 aromatic rings. The maximum atomic E-state index is 12.7. The average Bonchev–Trinajstić information content (AvgIpc) is 3.04. The number of hydrogen-bond acceptors (Lipinski definition) is 8. The van der Waals surface area contributed by atoms with E-state index >= 15 is 0 Å². The second-order valence-electron chi connectivity index (χ2n) is 13.4. The lowest BCUT2D eigenvalue weighted by atomic mass is 9.75. The quantitative estimate of drug-likeness (QED) is 0.214. The number of amides is 1. The van der Waals surface area contributed by atoms with E-state index in [0.29, 0.717) is 36.5 Å². The van der Waals surface area contributed by atoms with Crippen molar-refractivity contribution in [2.75, 3.05) is 52.5 Å². The molecule has 9 heteroatoms. The van der Waals surface area contributed by atoms with E-state index in [1.165, 1.54) is 44.9 Å². The van der Waals surface area contributed by atoms with Crippen molar-refractivity contribution in [1.29, 1.82) is 0 Å². The second-order valence-corrected chi connectivity index (χ2v) is 13.4. The fourth-order valence-electron chi connectivity index (χ4n) is 7.68. The van der Waals surface area contributed by atoms with Crippen molar-refractivity contribution in [2.45, 2.75) is 122 Å². The van der Waals surface area contributed by atoms with Gasteiger partial charge in [-0.25, -0.2) is 0 Å². The lowest BCUT2D eigenvalue weighted by Crippen LogP contribution is -2.63. The van der Waals surface area contributed by atoms with Gasteiger partial charge >= 0.3 is 5.97 Å². The predicted molar refractivity (Wildman–Crippen MR) is 167 cm³/mol. The zero-order valence-corrected chi connectivity index (χ0v) is 26.7. The number of likely N-dealkylation sites (N-methyl/N-ethyl adjacent to an activating group) is 1. The molecule has 4 N–H and O–H groups in total. The Morgan fingerprint density at radius 1 is 0.810 bits per heavy atom. The Morgan fingerprint density at radius 3 is 2.17 bits per heavy atom. The van der Waals surface area contributed by atoms with E-state index in [0.717, 1.165) is 84.3 Å². The SMILES string of the molecule is CCN(CC)CCOC1CCC(NC2NCC(C3CCC(C(=O)NCC(=O)OCCC4CCCCC4)CC3)CN2)CC1. The van der Waals surface area contributed by atoms with Crippen LogP contribution >= 0.6 is 0 Å². The summed E-state index contributed by atoms with van der Waals surface area (Å²) in [7, 11) is 0. The maximum absolute atomic E-state index is 12.7. The molecule has 0 atom stereocenters. The molecule has 3 aliphatic carbocycles. The van der Waals surface area contributed by atoms with Crippen molar-refractivity contribution in [1.82, 2.24) is 26.2 Å². The second kappa shape index (κ2) is 18.5. The lowest BCUT2D eigenvalue weighted by Gasteiger charge is -2.40. The molecule has 0 aromatic carbocycles. The molecule has 242 valence electrons. The highest BCUT2D eigenvalue weighted by atomic mass is 16.5. The number of esters is 1. The van der Waals surface area contributed by atoms with Gasteiger partial charge in [0.2, 0.25) is 5.91 Å². The first kappa shape index (κ1) is 33.6. The van der Waals surface area contributed by atoms with Crippen molar-refractivity contribution in [2.24, 2.45) is 23.7 Å². The van der Waals surface area contributed by atoms with Crippen LogP contribution in [0, 0.1) is 23.7 Å². The number of nitrogens with one attached hydrogen (secondary N) is 4. The molecule has 9 nitrogen and oxygen atoms in total. The molecule has 0 aromatic heterocycles. The normalized spacial score (nSPS) is 31.1. The molecular weight excluding hydrogens is 530 g/mol. The number of nitrogens with zero attached hydrogens (tertiary/aromatic N) is 1. The van der Waals surface area contributed by atoms with E-state index in [-0.39, 0.29) is 30.6 Å². The van der Waals surface area contributed by atoms with Crippen molar-refractivity contribution in [3.8, 4) is 0 Å². The van der Waals surface area contributed by atoms with Gasteiger partial charge in [-0.2, -0.15) is 0 Å². The Balaban J connectivity index is 1.02. The molecule has 1 amide bonds. The molecule has 4 aliphatic rings. The topological polar surface area (TPSA) is 104 Å². The highest BCUT2D eigenvalue weighted by molar-refractivity contribution is 5.83. The predicted octanol–water partition coefficient (Wildman–Crippen LogP) is 3.77. The minimum Gasteiger partial charge on any atom is -0.464 e. The van der Waals surface area contributed by atoms with Crippen LogP contribution in [0.5, 0.6) is 0 Å². The molecule has 1 aliphatic heterocycles. The Bertz CT molecular complexity index is 766. The van der Waals surface area contributed by atoms with Gasteiger partial charge in [0.15, 0.2) is 0 Å². The van der Waals surface area contributed by atoms with Gasteiger partial charge < -0.3 is 19.7 Å². The van der Waals surface area contributed by atoms with Crippen molar-refractivity contribution in [3.05, 3.63) is 0 Å². The number of rotatable bonds is 15. The van der Waals surface area contributed by atoms with Crippen LogP contribution in [0.15, 0.2) is 0 Å². The van der Waals surface area contributed by atoms with Gasteiger partial charge in [0.05, 0.1) is 19.3 Å². The third-order valence-corrected chi connectivity index (χ3v) is 10.6. The van der Waals surface area contributed by atoms with Gasteiger partial charge in [-0.3, -0.25) is 25.5 Å². The van der Waals surface area contributed by atoms with Crippen LogP contribution in [0.25, 0.3) is 0 Å². The van der Waals surface area contributed by atoms with Gasteiger partial charge in [-0.15, -0.1) is 0 Å². The molecule has 1 saturated heterocycles. The van der Waals surface area contributed by atoms with Crippen molar-refractivity contribution < 1.29 is 19.1 Å². The van der Waals surface area contributed by atoms with Gasteiger partial charge in [-0.1, -0.05) is 46.0 Å². The van der Waals surface area contributed by atoms with E-state index in [1.807, 2.05) is 0 Å². The van der Waals surface area contributed by atoms with Gasteiger partial charge in [0, 0.05) is 31.6 Å². The highest BCUT2D eigenvalue weighted by Gasteiger charge is 2.33. The number of carbonyl (C=O) groups is 2. The third-order valence-electron chi connectivity index (χ3n) is 10.6. The molecule has 0 bridgehead atoms. The van der Waals surface area contributed by atoms with E-state index in [9.17, 15) is 9.59 Å². The zero-order valence-electron chi connectivity index (χ0n) is 26.7. The molecule has 4 fully saturated rings. The van der Waals surface area contributed by atoms with Crippen LogP contribution in [0.1, 0.15) is 104 Å². The monoisotopic (exact) mass is 591 g/mol. The van der Waals surface area contributed by atoms with Crippen LogP contribution in [-0.4, -0.2) is 87.7 Å². The fraction of sp³-hybridized carbons (Fsp3) is 0.939. The Hall–Kier alpha value is -1.26. The highest BCUT2D eigenvalue weighted by Crippen LogP contribution is 2.34. The molecule has 0 radical (unpaired) electrons. The summed E-state index contributed by atoms with van der Waals surface area (Å²) < 4.78 is 11.6. The summed E-state index contributed by atoms with van der Waals surface area (Å²) >= 11 is 0. The van der Waals surface area contributed by atoms with Crippen LogP contribution < -0.4 is 21.3 Å². The summed E-state index contributed by atoms with van der Waals surface area (Å²) in [6.07, 6.45) is 16.6. The summed E-state index contributed by atoms with van der Waals surface area (Å²) in [5.74, 6) is 1.68. The smallest absolute Gasteiger partial charge is 0.325 e. The number of carbonyl (C=O) groups excluding carboxylic acids is 2. The molecule has 0 spiro atoms. The van der Waals surface area contributed by atoms with Crippen LogP contribution in [0.3, 0.4) is 0 Å².